The van der Waals surface area contributed by atoms with Gasteiger partial charge in [0, 0.05) is 11.3 Å². The Morgan fingerprint density at radius 2 is 2.03 bits per heavy atom. The van der Waals surface area contributed by atoms with E-state index in [1.165, 1.54) is 4.57 Å². The lowest BCUT2D eigenvalue weighted by Crippen LogP contribution is -2.34. The molecular formula is C20H17N3O7S. The van der Waals surface area contributed by atoms with E-state index in [1.54, 1.807) is 31.2 Å². The molecule has 0 aliphatic carbocycles. The van der Waals surface area contributed by atoms with Gasteiger partial charge in [0.25, 0.3) is 5.56 Å². The minimum atomic E-state index is -1.71. The number of thiophene rings is 1. The molecule has 0 saturated carbocycles. The Bertz CT molecular complexity index is 1290. The van der Waals surface area contributed by atoms with Crippen molar-refractivity contribution < 1.29 is 29.3 Å². The first-order valence-electron chi connectivity index (χ1n) is 9.26. The highest BCUT2D eigenvalue weighted by atomic mass is 32.1. The number of carboxylic acids is 2. The number of hydrogen-bond donors (Lipinski definition) is 3. The van der Waals surface area contributed by atoms with Crippen molar-refractivity contribution in [3.63, 3.8) is 0 Å². The second-order valence-corrected chi connectivity index (χ2v) is 8.11. The van der Waals surface area contributed by atoms with Gasteiger partial charge in [-0.15, -0.1) is 11.3 Å². The first kappa shape index (κ1) is 20.7. The van der Waals surface area contributed by atoms with Crippen molar-refractivity contribution >= 4 is 45.1 Å². The molecule has 1 atom stereocenters. The molecule has 11 heteroatoms. The minimum absolute atomic E-state index is 0.0464. The molecule has 0 radical (unpaired) electrons. The number of aryl methyl sites for hydroxylation is 1. The molecule has 10 nitrogen and oxygen atoms in total. The van der Waals surface area contributed by atoms with Crippen LogP contribution in [0.15, 0.2) is 29.1 Å². The maximum Gasteiger partial charge on any atom is 0.394 e. The molecule has 0 bridgehead atoms. The van der Waals surface area contributed by atoms with Crippen molar-refractivity contribution in [1.29, 1.82) is 0 Å². The Morgan fingerprint density at radius 1 is 1.29 bits per heavy atom. The first-order chi connectivity index (χ1) is 14.8. The van der Waals surface area contributed by atoms with Gasteiger partial charge in [0.15, 0.2) is 0 Å². The number of nitrogens with one attached hydrogen (secondary N) is 1. The molecule has 4 rings (SSSR count). The second-order valence-electron chi connectivity index (χ2n) is 7.00. The number of hydrogen-bond acceptors (Lipinski definition) is 7. The van der Waals surface area contributed by atoms with Crippen molar-refractivity contribution in [2.24, 2.45) is 0 Å². The molecule has 1 aliphatic heterocycles. The fraction of sp³-hybridized carbons (Fsp3) is 0.250. The van der Waals surface area contributed by atoms with E-state index in [4.69, 9.17) is 9.84 Å². The molecule has 3 heterocycles. The number of aliphatic carboxylic acids is 1. The van der Waals surface area contributed by atoms with E-state index in [0.717, 1.165) is 11.3 Å². The Morgan fingerprint density at radius 3 is 2.74 bits per heavy atom. The van der Waals surface area contributed by atoms with Gasteiger partial charge < -0.3 is 20.3 Å². The van der Waals surface area contributed by atoms with Crippen molar-refractivity contribution in [2.75, 3.05) is 5.32 Å². The van der Waals surface area contributed by atoms with Gasteiger partial charge in [0.05, 0.1) is 35.7 Å². The Kier molecular flexibility index (Phi) is 5.29. The lowest BCUT2D eigenvalue weighted by molar-refractivity contribution is -0.147. The number of amides is 1. The zero-order valence-corrected chi connectivity index (χ0v) is 17.1. The predicted octanol–water partition coefficient (Wildman–Crippen LogP) is 1.63. The molecule has 31 heavy (non-hydrogen) atoms. The Balaban J connectivity index is 1.65. The summed E-state index contributed by atoms with van der Waals surface area (Å²) in [5, 5.41) is 21.0. The van der Waals surface area contributed by atoms with E-state index >= 15 is 0 Å². The number of benzene rings is 1. The SMILES string of the molecule is Cc1nc2ccccc2c(=O)n1CC1Cc2c(sc(NC(=O)C(=O)O)c2C(=O)O)CO1. The fourth-order valence-electron chi connectivity index (χ4n) is 3.61. The van der Waals surface area contributed by atoms with Crippen molar-refractivity contribution in [2.45, 2.75) is 32.6 Å². The van der Waals surface area contributed by atoms with Gasteiger partial charge in [0.1, 0.15) is 10.8 Å². The number of carboxylic acid groups (broad SMARTS) is 2. The number of anilines is 1. The third-order valence-electron chi connectivity index (χ3n) is 5.05. The zero-order valence-electron chi connectivity index (χ0n) is 16.2. The average molecular weight is 443 g/mol. The third kappa shape index (κ3) is 3.80. The van der Waals surface area contributed by atoms with E-state index in [9.17, 15) is 24.3 Å². The number of ether oxygens (including phenoxy) is 1. The molecule has 0 spiro atoms. The van der Waals surface area contributed by atoms with Crippen molar-refractivity contribution in [3.8, 4) is 0 Å². The highest BCUT2D eigenvalue weighted by molar-refractivity contribution is 7.17. The number of para-hydroxylation sites is 1. The summed E-state index contributed by atoms with van der Waals surface area (Å²) < 4.78 is 7.33. The topological polar surface area (TPSA) is 148 Å². The Hall–Kier alpha value is -3.57. The predicted molar refractivity (Wildman–Crippen MR) is 111 cm³/mol. The van der Waals surface area contributed by atoms with Crippen LogP contribution in [0.1, 0.15) is 26.6 Å². The number of fused-ring (bicyclic) bond motifs is 2. The van der Waals surface area contributed by atoms with E-state index in [0.29, 0.717) is 27.2 Å². The summed E-state index contributed by atoms with van der Waals surface area (Å²) in [6.45, 7) is 1.98. The molecule has 1 aromatic carbocycles. The third-order valence-corrected chi connectivity index (χ3v) is 6.17. The molecule has 3 N–H and O–H groups in total. The van der Waals surface area contributed by atoms with E-state index in [2.05, 4.69) is 10.3 Å². The van der Waals surface area contributed by atoms with Crippen LogP contribution < -0.4 is 10.9 Å². The summed E-state index contributed by atoms with van der Waals surface area (Å²) >= 11 is 0.971. The summed E-state index contributed by atoms with van der Waals surface area (Å²) in [5.41, 5.74) is 0.700. The molecule has 1 unspecified atom stereocenters. The fourth-order valence-corrected chi connectivity index (χ4v) is 4.75. The average Bonchev–Trinajstić information content (AvgIpc) is 3.08. The van der Waals surface area contributed by atoms with Crippen LogP contribution in [-0.2, 0) is 33.9 Å². The van der Waals surface area contributed by atoms with E-state index < -0.39 is 23.9 Å². The quantitative estimate of drug-likeness (QED) is 0.515. The molecule has 0 fully saturated rings. The molecule has 0 saturated heterocycles. The number of carbonyl (C=O) groups is 3. The van der Waals surface area contributed by atoms with Crippen LogP contribution in [0.4, 0.5) is 5.00 Å². The highest BCUT2D eigenvalue weighted by Gasteiger charge is 2.31. The standard InChI is InChI=1S/C20H17N3O7S/c1-9-21-13-5-3-2-4-11(13)18(25)23(9)7-10-6-12-14(8-30-10)31-17(15(12)19(26)27)22-16(24)20(28)29/h2-5,10H,6-8H2,1H3,(H,22,24)(H,26,27)(H,28,29). The first-order valence-corrected chi connectivity index (χ1v) is 10.1. The lowest BCUT2D eigenvalue weighted by Gasteiger charge is -2.25. The van der Waals surface area contributed by atoms with E-state index in [1.807, 2.05) is 0 Å². The van der Waals surface area contributed by atoms with E-state index in [-0.39, 0.29) is 35.7 Å². The van der Waals surface area contributed by atoms with Gasteiger partial charge in [0.2, 0.25) is 0 Å². The molecule has 2 aromatic heterocycles. The summed E-state index contributed by atoms with van der Waals surface area (Å²) in [7, 11) is 0. The van der Waals surface area contributed by atoms with Gasteiger partial charge in [-0.1, -0.05) is 12.1 Å². The van der Waals surface area contributed by atoms with Crippen LogP contribution in [0.5, 0.6) is 0 Å². The number of carbonyl (C=O) groups excluding carboxylic acids is 1. The number of nitrogens with zero attached hydrogens (tertiary/aromatic N) is 2. The van der Waals surface area contributed by atoms with Gasteiger partial charge in [-0.3, -0.25) is 14.2 Å². The molecular weight excluding hydrogens is 426 g/mol. The number of rotatable bonds is 4. The number of aromatic nitrogens is 2. The van der Waals surface area contributed by atoms with Crippen LogP contribution in [0, 0.1) is 6.92 Å². The zero-order chi connectivity index (χ0) is 22.3. The summed E-state index contributed by atoms with van der Waals surface area (Å²) in [4.78, 5) is 52.1. The van der Waals surface area contributed by atoms with Gasteiger partial charge >= 0.3 is 17.8 Å². The lowest BCUT2D eigenvalue weighted by atomic mass is 10.0. The molecule has 3 aromatic rings. The normalized spacial score (nSPS) is 15.5. The highest BCUT2D eigenvalue weighted by Crippen LogP contribution is 2.38. The minimum Gasteiger partial charge on any atom is -0.478 e. The van der Waals surface area contributed by atoms with Crippen LogP contribution in [0.2, 0.25) is 0 Å². The molecule has 1 aliphatic rings. The molecule has 1 amide bonds. The second kappa shape index (κ2) is 7.93. The number of aromatic carboxylic acids is 1. The summed E-state index contributed by atoms with van der Waals surface area (Å²) in [5.74, 6) is -3.80. The van der Waals surface area contributed by atoms with Crippen molar-refractivity contribution in [1.82, 2.24) is 9.55 Å². The monoisotopic (exact) mass is 443 g/mol. The van der Waals surface area contributed by atoms with Gasteiger partial charge in [-0.2, -0.15) is 0 Å². The van der Waals surface area contributed by atoms with Crippen LogP contribution in [-0.4, -0.2) is 43.7 Å². The van der Waals surface area contributed by atoms with Gasteiger partial charge in [-0.25, -0.2) is 14.6 Å². The van der Waals surface area contributed by atoms with Crippen molar-refractivity contribution in [3.05, 3.63) is 56.4 Å². The maximum atomic E-state index is 12.9. The van der Waals surface area contributed by atoms with Crippen LogP contribution >= 0.6 is 11.3 Å². The Labute approximate surface area is 178 Å². The van der Waals surface area contributed by atoms with Gasteiger partial charge in [-0.05, 0) is 24.6 Å². The maximum absolute atomic E-state index is 12.9. The van der Waals surface area contributed by atoms with Crippen LogP contribution in [0.3, 0.4) is 0 Å². The largest absolute Gasteiger partial charge is 0.478 e. The summed E-state index contributed by atoms with van der Waals surface area (Å²) in [6.07, 6.45) is -0.308. The smallest absolute Gasteiger partial charge is 0.394 e. The molecule has 160 valence electrons. The van der Waals surface area contributed by atoms with Crippen LogP contribution in [0.25, 0.3) is 10.9 Å². The summed E-state index contributed by atoms with van der Waals surface area (Å²) in [6, 6.07) is 7.01.